The molecule has 0 amide bonds. The van der Waals surface area contributed by atoms with Crippen molar-refractivity contribution in [1.82, 2.24) is 0 Å². The second-order valence-corrected chi connectivity index (χ2v) is 11.5. The Morgan fingerprint density at radius 2 is 2.00 bits per heavy atom. The van der Waals surface area contributed by atoms with Crippen molar-refractivity contribution in [3.05, 3.63) is 11.6 Å². The largest absolute Gasteiger partial charge is 0.390 e. The van der Waals surface area contributed by atoms with Gasteiger partial charge in [0.05, 0.1) is 5.60 Å². The molecule has 0 bridgehead atoms. The van der Waals surface area contributed by atoms with Crippen LogP contribution in [0.25, 0.3) is 0 Å². The second-order valence-electron chi connectivity index (χ2n) is 11.5. The average molecular weight is 403 g/mol. The first-order chi connectivity index (χ1) is 13.7. The number of hydrogen-bond donors (Lipinski definition) is 1. The lowest BCUT2D eigenvalue weighted by Crippen LogP contribution is -2.42. The van der Waals surface area contributed by atoms with Gasteiger partial charge in [0, 0.05) is 6.42 Å². The molecule has 0 saturated heterocycles. The standard InChI is InChI=1S/C27H46O2/c1-6-22-15-17-27(5)24(19(2)9-10-20(3)28)13-14-25(27)23(22)12-11-21-8-7-16-26(4,29)18-21/h11,19,22-25,29H,6-10,12-18H2,1-5H3/b21-11+/t19-,22+,23-,24-,25+,26+,27-/m1/s1. The van der Waals surface area contributed by atoms with Gasteiger partial charge in [0.15, 0.2) is 0 Å². The zero-order valence-corrected chi connectivity index (χ0v) is 19.8. The Hall–Kier alpha value is -0.630. The van der Waals surface area contributed by atoms with E-state index in [9.17, 15) is 9.90 Å². The Kier molecular flexibility index (Phi) is 7.35. The van der Waals surface area contributed by atoms with E-state index in [1.807, 2.05) is 6.92 Å². The summed E-state index contributed by atoms with van der Waals surface area (Å²) >= 11 is 0. The molecule has 0 radical (unpaired) electrons. The summed E-state index contributed by atoms with van der Waals surface area (Å²) in [5.74, 6) is 4.31. The molecule has 0 aromatic carbocycles. The van der Waals surface area contributed by atoms with Crippen molar-refractivity contribution >= 4 is 5.78 Å². The number of allylic oxidation sites excluding steroid dienone is 1. The van der Waals surface area contributed by atoms with Crippen LogP contribution in [0.4, 0.5) is 0 Å². The molecule has 1 N–H and O–H groups in total. The first kappa shape index (κ1) is 23.0. The zero-order chi connectivity index (χ0) is 21.2. The first-order valence-corrected chi connectivity index (χ1v) is 12.6. The van der Waals surface area contributed by atoms with Crippen LogP contribution in [0.5, 0.6) is 0 Å². The summed E-state index contributed by atoms with van der Waals surface area (Å²) < 4.78 is 0. The Morgan fingerprint density at radius 3 is 2.66 bits per heavy atom. The third-order valence-electron chi connectivity index (χ3n) is 9.32. The summed E-state index contributed by atoms with van der Waals surface area (Å²) in [4.78, 5) is 11.5. The normalized spacial score (nSPS) is 42.6. The quantitative estimate of drug-likeness (QED) is 0.461. The molecule has 29 heavy (non-hydrogen) atoms. The molecule has 3 aliphatic rings. The fraction of sp³-hybridized carbons (Fsp3) is 0.889. The zero-order valence-electron chi connectivity index (χ0n) is 19.8. The topological polar surface area (TPSA) is 37.3 Å². The van der Waals surface area contributed by atoms with Crippen molar-refractivity contribution in [2.75, 3.05) is 0 Å². The van der Waals surface area contributed by atoms with E-state index in [0.717, 1.165) is 55.8 Å². The minimum Gasteiger partial charge on any atom is -0.390 e. The van der Waals surface area contributed by atoms with E-state index >= 15 is 0 Å². The van der Waals surface area contributed by atoms with Gasteiger partial charge in [0.2, 0.25) is 0 Å². The van der Waals surface area contributed by atoms with Gasteiger partial charge in [-0.1, -0.05) is 38.8 Å². The molecule has 0 aromatic rings. The van der Waals surface area contributed by atoms with Crippen molar-refractivity contribution in [2.24, 2.45) is 35.0 Å². The Bertz CT molecular complexity index is 604. The maximum absolute atomic E-state index is 11.5. The van der Waals surface area contributed by atoms with Gasteiger partial charge in [-0.15, -0.1) is 0 Å². The maximum atomic E-state index is 11.5. The average Bonchev–Trinajstić information content (AvgIpc) is 3.00. The third kappa shape index (κ3) is 5.17. The van der Waals surface area contributed by atoms with Gasteiger partial charge in [-0.2, -0.15) is 0 Å². The number of fused-ring (bicyclic) bond motifs is 1. The van der Waals surface area contributed by atoms with Crippen LogP contribution in [-0.4, -0.2) is 16.5 Å². The summed E-state index contributed by atoms with van der Waals surface area (Å²) in [6.45, 7) is 11.1. The maximum Gasteiger partial charge on any atom is 0.129 e. The number of aliphatic hydroxyl groups is 1. The Morgan fingerprint density at radius 1 is 1.24 bits per heavy atom. The molecule has 3 rings (SSSR count). The number of Topliss-reactive ketones (excluding diaryl/α,β-unsaturated/α-hetero) is 1. The Balaban J connectivity index is 1.72. The van der Waals surface area contributed by atoms with Gasteiger partial charge in [0.1, 0.15) is 5.78 Å². The lowest BCUT2D eigenvalue weighted by Gasteiger charge is -2.50. The molecule has 3 fully saturated rings. The number of rotatable bonds is 7. The lowest BCUT2D eigenvalue weighted by atomic mass is 9.55. The van der Waals surface area contributed by atoms with Crippen molar-refractivity contribution < 1.29 is 9.90 Å². The van der Waals surface area contributed by atoms with Crippen molar-refractivity contribution in [1.29, 1.82) is 0 Å². The number of carbonyl (C=O) groups excluding carboxylic acids is 1. The van der Waals surface area contributed by atoms with E-state index in [0.29, 0.717) is 17.1 Å². The highest BCUT2D eigenvalue weighted by Gasteiger charge is 2.54. The molecule has 0 aromatic heterocycles. The van der Waals surface area contributed by atoms with E-state index in [-0.39, 0.29) is 0 Å². The van der Waals surface area contributed by atoms with Gasteiger partial charge in [0.25, 0.3) is 0 Å². The summed E-state index contributed by atoms with van der Waals surface area (Å²) in [7, 11) is 0. The molecular formula is C27H46O2. The Labute approximate surface area is 179 Å². The SMILES string of the molecule is CC[C@H]1CC[C@]2(C)[C@@H]([C@H](C)CCC(C)=O)CC[C@H]2[C@@H]1C/C=C1\CCC[C@](C)(O)C1. The molecule has 3 saturated carbocycles. The van der Waals surface area contributed by atoms with Crippen LogP contribution in [0.1, 0.15) is 112 Å². The predicted octanol–water partition coefficient (Wildman–Crippen LogP) is 7.10. The van der Waals surface area contributed by atoms with Gasteiger partial charge in [-0.25, -0.2) is 0 Å². The van der Waals surface area contributed by atoms with E-state index in [4.69, 9.17) is 0 Å². The molecule has 2 heteroatoms. The van der Waals surface area contributed by atoms with Gasteiger partial charge >= 0.3 is 0 Å². The molecular weight excluding hydrogens is 356 g/mol. The summed E-state index contributed by atoms with van der Waals surface area (Å²) in [6, 6.07) is 0. The van der Waals surface area contributed by atoms with Crippen LogP contribution in [-0.2, 0) is 4.79 Å². The summed E-state index contributed by atoms with van der Waals surface area (Å²) in [5, 5.41) is 10.5. The van der Waals surface area contributed by atoms with Crippen LogP contribution in [0.2, 0.25) is 0 Å². The molecule has 0 spiro atoms. The molecule has 166 valence electrons. The van der Waals surface area contributed by atoms with E-state index in [1.54, 1.807) is 6.92 Å². The smallest absolute Gasteiger partial charge is 0.129 e. The van der Waals surface area contributed by atoms with Crippen LogP contribution >= 0.6 is 0 Å². The molecule has 3 aliphatic carbocycles. The monoisotopic (exact) mass is 402 g/mol. The molecule has 0 heterocycles. The highest BCUT2D eigenvalue weighted by atomic mass is 16.3. The van der Waals surface area contributed by atoms with Crippen molar-refractivity contribution in [2.45, 2.75) is 117 Å². The van der Waals surface area contributed by atoms with Gasteiger partial charge < -0.3 is 9.90 Å². The lowest BCUT2D eigenvalue weighted by molar-refractivity contribution is -0.117. The van der Waals surface area contributed by atoms with Gasteiger partial charge in [-0.3, -0.25) is 0 Å². The summed E-state index contributed by atoms with van der Waals surface area (Å²) in [5.41, 5.74) is 1.48. The minimum atomic E-state index is -0.486. The minimum absolute atomic E-state index is 0.346. The highest BCUT2D eigenvalue weighted by molar-refractivity contribution is 5.75. The highest BCUT2D eigenvalue weighted by Crippen LogP contribution is 2.62. The number of hydrogen-bond acceptors (Lipinski definition) is 2. The van der Waals surface area contributed by atoms with E-state index < -0.39 is 5.60 Å². The van der Waals surface area contributed by atoms with Crippen LogP contribution in [0, 0.1) is 35.0 Å². The molecule has 0 unspecified atom stereocenters. The van der Waals surface area contributed by atoms with Gasteiger partial charge in [-0.05, 0) is 113 Å². The molecule has 7 atom stereocenters. The van der Waals surface area contributed by atoms with Crippen LogP contribution in [0.3, 0.4) is 0 Å². The first-order valence-electron chi connectivity index (χ1n) is 12.6. The van der Waals surface area contributed by atoms with Crippen molar-refractivity contribution in [3.8, 4) is 0 Å². The summed E-state index contributed by atoms with van der Waals surface area (Å²) in [6.07, 6.45) is 16.6. The van der Waals surface area contributed by atoms with E-state index in [1.165, 1.54) is 50.5 Å². The number of carbonyl (C=O) groups is 1. The predicted molar refractivity (Wildman–Crippen MR) is 122 cm³/mol. The second kappa shape index (κ2) is 9.25. The van der Waals surface area contributed by atoms with E-state index in [2.05, 4.69) is 26.8 Å². The fourth-order valence-electron chi connectivity index (χ4n) is 7.68. The number of ketones is 1. The third-order valence-corrected chi connectivity index (χ3v) is 9.32. The van der Waals surface area contributed by atoms with Crippen LogP contribution in [0.15, 0.2) is 11.6 Å². The van der Waals surface area contributed by atoms with Crippen LogP contribution < -0.4 is 0 Å². The molecule has 2 nitrogen and oxygen atoms in total. The fourth-order valence-corrected chi connectivity index (χ4v) is 7.68. The molecule has 0 aliphatic heterocycles. The van der Waals surface area contributed by atoms with Crippen molar-refractivity contribution in [3.63, 3.8) is 0 Å².